The number of ether oxygens (including phenoxy) is 1. The van der Waals surface area contributed by atoms with Gasteiger partial charge < -0.3 is 4.74 Å². The lowest BCUT2D eigenvalue weighted by molar-refractivity contribution is 0.0588. The van der Waals surface area contributed by atoms with E-state index in [1.54, 1.807) is 0 Å². The number of hydrogen-bond acceptors (Lipinski definition) is 3. The molecule has 0 saturated carbocycles. The van der Waals surface area contributed by atoms with Crippen LogP contribution < -0.4 is 0 Å². The highest BCUT2D eigenvalue weighted by atomic mass is 79.9. The van der Waals surface area contributed by atoms with Gasteiger partial charge in [-0.3, -0.25) is 0 Å². The minimum atomic E-state index is -2.84. The van der Waals surface area contributed by atoms with Crippen molar-refractivity contribution in [2.24, 2.45) is 0 Å². The van der Waals surface area contributed by atoms with Crippen molar-refractivity contribution in [2.45, 2.75) is 6.43 Å². The van der Waals surface area contributed by atoms with E-state index in [-0.39, 0.29) is 15.2 Å². The van der Waals surface area contributed by atoms with Crippen molar-refractivity contribution in [2.75, 3.05) is 7.11 Å². The first kappa shape index (κ1) is 12.3. The van der Waals surface area contributed by atoms with Gasteiger partial charge in [-0.25, -0.2) is 18.6 Å². The summed E-state index contributed by atoms with van der Waals surface area (Å²) in [6.45, 7) is 0. The molecule has 0 atom stereocenters. The molecule has 0 aliphatic carbocycles. The maximum atomic E-state index is 12.6. The maximum absolute atomic E-state index is 12.6. The van der Waals surface area contributed by atoms with Crippen LogP contribution in [0.4, 0.5) is 8.78 Å². The topological polar surface area (TPSA) is 39.2 Å². The summed E-state index contributed by atoms with van der Waals surface area (Å²) < 4.78 is 29.5. The van der Waals surface area contributed by atoms with Crippen molar-refractivity contribution in [3.05, 3.63) is 26.9 Å². The van der Waals surface area contributed by atoms with Crippen LogP contribution >= 0.6 is 27.5 Å². The highest BCUT2D eigenvalue weighted by Gasteiger charge is 2.24. The van der Waals surface area contributed by atoms with Crippen molar-refractivity contribution in [3.8, 4) is 0 Å². The molecule has 1 heterocycles. The Morgan fingerprint density at radius 2 is 2.27 bits per heavy atom. The largest absolute Gasteiger partial charge is 0.465 e. The van der Waals surface area contributed by atoms with Crippen LogP contribution in [0.25, 0.3) is 0 Å². The first-order valence-electron chi connectivity index (χ1n) is 3.69. The zero-order chi connectivity index (χ0) is 11.6. The molecule has 0 unspecified atom stereocenters. The molecule has 82 valence electrons. The Hall–Kier alpha value is -0.750. The fourth-order valence-corrected chi connectivity index (χ4v) is 1.60. The van der Waals surface area contributed by atoms with Gasteiger partial charge in [-0.2, -0.15) is 0 Å². The predicted molar refractivity (Wildman–Crippen MR) is 53.2 cm³/mol. The molecule has 0 radical (unpaired) electrons. The van der Waals surface area contributed by atoms with Crippen LogP contribution in [0.15, 0.2) is 10.7 Å². The Kier molecular flexibility index (Phi) is 3.98. The third-order valence-corrected chi connectivity index (χ3v) is 2.96. The van der Waals surface area contributed by atoms with Gasteiger partial charge in [-0.1, -0.05) is 11.6 Å². The van der Waals surface area contributed by atoms with Gasteiger partial charge in [0.05, 0.1) is 22.7 Å². The second-order valence-corrected chi connectivity index (χ2v) is 3.63. The second kappa shape index (κ2) is 4.85. The minimum Gasteiger partial charge on any atom is -0.465 e. The molecule has 0 fully saturated rings. The molecule has 0 aliphatic rings. The molecule has 15 heavy (non-hydrogen) atoms. The maximum Gasteiger partial charge on any atom is 0.339 e. The normalized spacial score (nSPS) is 10.5. The number of esters is 1. The first-order chi connectivity index (χ1) is 6.99. The highest BCUT2D eigenvalue weighted by molar-refractivity contribution is 9.10. The highest BCUT2D eigenvalue weighted by Crippen LogP contribution is 2.34. The number of pyridine rings is 1. The molecule has 0 saturated heterocycles. The lowest BCUT2D eigenvalue weighted by atomic mass is 10.1. The summed E-state index contributed by atoms with van der Waals surface area (Å²) in [7, 11) is 1.10. The van der Waals surface area contributed by atoms with Crippen LogP contribution in [-0.4, -0.2) is 18.1 Å². The molecular weight excluding hydrogens is 295 g/mol. The van der Waals surface area contributed by atoms with Crippen molar-refractivity contribution in [1.29, 1.82) is 0 Å². The van der Waals surface area contributed by atoms with Crippen LogP contribution in [0.5, 0.6) is 0 Å². The Labute approximate surface area is 97.5 Å². The van der Waals surface area contributed by atoms with Crippen molar-refractivity contribution in [3.63, 3.8) is 0 Å². The summed E-state index contributed by atoms with van der Waals surface area (Å²) in [5, 5.41) is -0.127. The Balaban J connectivity index is 3.40. The van der Waals surface area contributed by atoms with E-state index in [4.69, 9.17) is 11.6 Å². The van der Waals surface area contributed by atoms with Gasteiger partial charge in [0.15, 0.2) is 0 Å². The van der Waals surface area contributed by atoms with Gasteiger partial charge in [-0.15, -0.1) is 0 Å². The van der Waals surface area contributed by atoms with Crippen molar-refractivity contribution >= 4 is 33.5 Å². The molecular formula is C8H5BrClF2NO2. The lowest BCUT2D eigenvalue weighted by Gasteiger charge is -2.09. The summed E-state index contributed by atoms with van der Waals surface area (Å²) in [5.41, 5.74) is -0.814. The van der Waals surface area contributed by atoms with Crippen LogP contribution in [0.3, 0.4) is 0 Å². The molecule has 0 spiro atoms. The zero-order valence-corrected chi connectivity index (χ0v) is 9.77. The zero-order valence-electron chi connectivity index (χ0n) is 7.43. The van der Waals surface area contributed by atoms with E-state index in [9.17, 15) is 13.6 Å². The summed E-state index contributed by atoms with van der Waals surface area (Å²) in [5.74, 6) is -0.879. The van der Waals surface area contributed by atoms with E-state index in [1.807, 2.05) is 0 Å². The van der Waals surface area contributed by atoms with Crippen molar-refractivity contribution < 1.29 is 18.3 Å². The number of nitrogens with zero attached hydrogens (tertiary/aromatic N) is 1. The molecule has 0 amide bonds. The number of carbonyl (C=O) groups is 1. The van der Waals surface area contributed by atoms with E-state index in [0.717, 1.165) is 13.3 Å². The molecule has 0 aromatic carbocycles. The summed E-state index contributed by atoms with van der Waals surface area (Å²) in [6.07, 6.45) is -1.88. The number of aromatic nitrogens is 1. The number of methoxy groups -OCH3 is 1. The first-order valence-corrected chi connectivity index (χ1v) is 4.86. The predicted octanol–water partition coefficient (Wildman–Crippen LogP) is 3.22. The van der Waals surface area contributed by atoms with Crippen LogP contribution in [-0.2, 0) is 4.74 Å². The number of alkyl halides is 2. The van der Waals surface area contributed by atoms with Crippen molar-refractivity contribution in [1.82, 2.24) is 4.98 Å². The van der Waals surface area contributed by atoms with E-state index in [2.05, 4.69) is 25.7 Å². The van der Waals surface area contributed by atoms with E-state index < -0.39 is 18.0 Å². The molecule has 0 N–H and O–H groups in total. The standard InChI is InChI=1S/C8H5BrClF2NO2/c1-15-8(14)3-2-13-6(10)5(9)4(3)7(11)12/h2,7H,1H3. The molecule has 1 aromatic rings. The number of rotatable bonds is 2. The molecule has 1 aromatic heterocycles. The molecule has 1 rings (SSSR count). The van der Waals surface area contributed by atoms with Gasteiger partial charge in [0.25, 0.3) is 6.43 Å². The second-order valence-electron chi connectivity index (χ2n) is 2.48. The van der Waals surface area contributed by atoms with E-state index >= 15 is 0 Å². The SMILES string of the molecule is COC(=O)c1cnc(Cl)c(Br)c1C(F)F. The van der Waals surface area contributed by atoms with E-state index in [0.29, 0.717) is 0 Å². The third kappa shape index (κ3) is 2.43. The average molecular weight is 300 g/mol. The van der Waals surface area contributed by atoms with E-state index in [1.165, 1.54) is 0 Å². The fourth-order valence-electron chi connectivity index (χ4n) is 0.963. The Morgan fingerprint density at radius 3 is 2.73 bits per heavy atom. The molecule has 7 heteroatoms. The quantitative estimate of drug-likeness (QED) is 0.622. The summed E-state index contributed by atoms with van der Waals surface area (Å²) in [4.78, 5) is 14.7. The molecule has 0 aliphatic heterocycles. The average Bonchev–Trinajstić information content (AvgIpc) is 2.20. The molecule has 0 bridgehead atoms. The molecule has 3 nitrogen and oxygen atoms in total. The number of carbonyl (C=O) groups excluding carboxylic acids is 1. The van der Waals surface area contributed by atoms with Gasteiger partial charge in [0.1, 0.15) is 5.15 Å². The van der Waals surface area contributed by atoms with Crippen LogP contribution in [0, 0.1) is 0 Å². The Bertz CT molecular complexity index is 400. The Morgan fingerprint density at radius 1 is 1.67 bits per heavy atom. The third-order valence-electron chi connectivity index (χ3n) is 1.64. The summed E-state index contributed by atoms with van der Waals surface area (Å²) in [6, 6.07) is 0. The fraction of sp³-hybridized carbons (Fsp3) is 0.250. The minimum absolute atomic E-state index is 0.0953. The smallest absolute Gasteiger partial charge is 0.339 e. The van der Waals surface area contributed by atoms with Gasteiger partial charge in [-0.05, 0) is 15.9 Å². The van der Waals surface area contributed by atoms with Gasteiger partial charge >= 0.3 is 5.97 Å². The van der Waals surface area contributed by atoms with Gasteiger partial charge in [0.2, 0.25) is 0 Å². The lowest BCUT2D eigenvalue weighted by Crippen LogP contribution is -2.08. The van der Waals surface area contributed by atoms with Crippen LogP contribution in [0.2, 0.25) is 5.15 Å². The van der Waals surface area contributed by atoms with Gasteiger partial charge in [0, 0.05) is 6.20 Å². The number of halogens is 4. The summed E-state index contributed by atoms with van der Waals surface area (Å²) >= 11 is 8.38. The van der Waals surface area contributed by atoms with Crippen LogP contribution in [0.1, 0.15) is 22.3 Å². The number of hydrogen-bond donors (Lipinski definition) is 0. The monoisotopic (exact) mass is 299 g/mol.